The number of rotatable bonds is 4. The second-order valence-electron chi connectivity index (χ2n) is 2.80. The first-order valence-electron chi connectivity index (χ1n) is 4.27. The third-order valence-electron chi connectivity index (χ3n) is 1.75. The van der Waals surface area contributed by atoms with Crippen molar-refractivity contribution in [3.8, 4) is 0 Å². The van der Waals surface area contributed by atoms with Crippen LogP contribution in [0.4, 0.5) is 5.82 Å². The monoisotopic (exact) mass is 195 g/mol. The molecule has 1 amide bonds. The molecule has 0 unspecified atom stereocenters. The van der Waals surface area contributed by atoms with E-state index >= 15 is 0 Å². The number of hydrogen-bond donors (Lipinski definition) is 3. The van der Waals surface area contributed by atoms with Crippen molar-refractivity contribution in [2.75, 3.05) is 5.43 Å². The standard InChI is InChI=1S/C8H13N5O/c1-3-5(2)12-13-8-6(7(9)14)10-4-11-8/h4,13H,3H2,1-2H3,(H2,9,14)(H,10,11)/b12-5+. The molecule has 1 heterocycles. The summed E-state index contributed by atoms with van der Waals surface area (Å²) >= 11 is 0. The van der Waals surface area contributed by atoms with Crippen LogP contribution in [0.2, 0.25) is 0 Å². The predicted octanol–water partition coefficient (Wildman–Crippen LogP) is 0.706. The second-order valence-corrected chi connectivity index (χ2v) is 2.80. The number of H-pyrrole nitrogens is 1. The van der Waals surface area contributed by atoms with Crippen molar-refractivity contribution in [3.63, 3.8) is 0 Å². The van der Waals surface area contributed by atoms with E-state index < -0.39 is 5.91 Å². The number of amides is 1. The van der Waals surface area contributed by atoms with Crippen molar-refractivity contribution >= 4 is 17.4 Å². The van der Waals surface area contributed by atoms with Crippen LogP contribution in [0.15, 0.2) is 11.4 Å². The van der Waals surface area contributed by atoms with Gasteiger partial charge in [-0.1, -0.05) is 6.92 Å². The summed E-state index contributed by atoms with van der Waals surface area (Å²) in [6, 6.07) is 0. The first kappa shape index (κ1) is 10.2. The van der Waals surface area contributed by atoms with E-state index in [9.17, 15) is 4.79 Å². The number of aromatic nitrogens is 2. The van der Waals surface area contributed by atoms with Gasteiger partial charge in [0.25, 0.3) is 5.91 Å². The Labute approximate surface area is 81.6 Å². The van der Waals surface area contributed by atoms with E-state index in [1.54, 1.807) is 0 Å². The SMILES string of the molecule is CC/C(C)=N/Nc1nc[nH]c1C(N)=O. The molecule has 0 radical (unpaired) electrons. The fraction of sp³-hybridized carbons (Fsp3) is 0.375. The van der Waals surface area contributed by atoms with E-state index in [4.69, 9.17) is 5.73 Å². The third kappa shape index (κ3) is 2.32. The van der Waals surface area contributed by atoms with E-state index in [2.05, 4.69) is 20.5 Å². The number of carbonyl (C=O) groups excluding carboxylic acids is 1. The maximum atomic E-state index is 10.9. The van der Waals surface area contributed by atoms with Crippen LogP contribution in [-0.2, 0) is 0 Å². The minimum Gasteiger partial charge on any atom is -0.364 e. The number of hydrazone groups is 1. The fourth-order valence-electron chi connectivity index (χ4n) is 0.794. The van der Waals surface area contributed by atoms with Gasteiger partial charge >= 0.3 is 0 Å². The predicted molar refractivity (Wildman–Crippen MR) is 54.1 cm³/mol. The molecule has 6 heteroatoms. The van der Waals surface area contributed by atoms with E-state index in [0.717, 1.165) is 12.1 Å². The molecule has 1 aromatic heterocycles. The molecule has 0 fully saturated rings. The Balaban J connectivity index is 2.77. The number of carbonyl (C=O) groups is 1. The van der Waals surface area contributed by atoms with Gasteiger partial charge in [0.05, 0.1) is 6.33 Å². The summed E-state index contributed by atoms with van der Waals surface area (Å²) in [5, 5.41) is 4.00. The van der Waals surface area contributed by atoms with E-state index in [1.165, 1.54) is 6.33 Å². The molecular weight excluding hydrogens is 182 g/mol. The molecule has 0 aliphatic carbocycles. The summed E-state index contributed by atoms with van der Waals surface area (Å²) in [6.45, 7) is 3.86. The first-order chi connectivity index (χ1) is 6.65. The quantitative estimate of drug-likeness (QED) is 0.487. The van der Waals surface area contributed by atoms with Gasteiger partial charge in [0, 0.05) is 5.71 Å². The zero-order valence-electron chi connectivity index (χ0n) is 8.16. The maximum absolute atomic E-state index is 10.9. The summed E-state index contributed by atoms with van der Waals surface area (Å²) in [5.74, 6) is -0.209. The number of imidazole rings is 1. The van der Waals surface area contributed by atoms with Crippen molar-refractivity contribution in [2.24, 2.45) is 10.8 Å². The Bertz CT molecular complexity index is 354. The van der Waals surface area contributed by atoms with Crippen LogP contribution in [0.3, 0.4) is 0 Å². The van der Waals surface area contributed by atoms with Gasteiger partial charge < -0.3 is 10.7 Å². The van der Waals surface area contributed by atoms with Gasteiger partial charge in [-0.15, -0.1) is 0 Å². The summed E-state index contributed by atoms with van der Waals surface area (Å²) in [5.41, 5.74) is 8.92. The molecule has 14 heavy (non-hydrogen) atoms. The lowest BCUT2D eigenvalue weighted by Crippen LogP contribution is -2.13. The third-order valence-corrected chi connectivity index (χ3v) is 1.75. The van der Waals surface area contributed by atoms with Gasteiger partial charge in [-0.2, -0.15) is 5.10 Å². The molecule has 0 aliphatic rings. The van der Waals surface area contributed by atoms with Gasteiger partial charge in [-0.05, 0) is 13.3 Å². The molecule has 0 atom stereocenters. The number of hydrogen-bond acceptors (Lipinski definition) is 4. The molecular formula is C8H13N5O. The smallest absolute Gasteiger partial charge is 0.269 e. The maximum Gasteiger partial charge on any atom is 0.269 e. The largest absolute Gasteiger partial charge is 0.364 e. The van der Waals surface area contributed by atoms with E-state index in [-0.39, 0.29) is 5.69 Å². The highest BCUT2D eigenvalue weighted by Gasteiger charge is 2.09. The average Bonchev–Trinajstić information content (AvgIpc) is 2.62. The zero-order chi connectivity index (χ0) is 10.6. The molecule has 0 aromatic carbocycles. The Hall–Kier alpha value is -1.85. The van der Waals surface area contributed by atoms with Crippen LogP contribution in [0.25, 0.3) is 0 Å². The van der Waals surface area contributed by atoms with Gasteiger partial charge in [-0.25, -0.2) is 4.98 Å². The van der Waals surface area contributed by atoms with Gasteiger partial charge in [0.15, 0.2) is 5.82 Å². The van der Waals surface area contributed by atoms with E-state index in [0.29, 0.717) is 5.82 Å². The highest BCUT2D eigenvalue weighted by molar-refractivity contribution is 5.95. The van der Waals surface area contributed by atoms with Gasteiger partial charge in [0.1, 0.15) is 5.69 Å². The molecule has 0 bridgehead atoms. The lowest BCUT2D eigenvalue weighted by Gasteiger charge is -1.99. The number of nitrogens with two attached hydrogens (primary N) is 1. The average molecular weight is 195 g/mol. The summed E-state index contributed by atoms with van der Waals surface area (Å²) in [7, 11) is 0. The molecule has 4 N–H and O–H groups in total. The highest BCUT2D eigenvalue weighted by atomic mass is 16.1. The molecule has 0 aliphatic heterocycles. The number of nitrogens with one attached hydrogen (secondary N) is 2. The number of anilines is 1. The first-order valence-corrected chi connectivity index (χ1v) is 4.27. The minimum atomic E-state index is -0.561. The molecule has 76 valence electrons. The molecule has 0 saturated heterocycles. The van der Waals surface area contributed by atoms with Crippen molar-refractivity contribution in [1.82, 2.24) is 9.97 Å². The van der Waals surface area contributed by atoms with Crippen molar-refractivity contribution in [3.05, 3.63) is 12.0 Å². The van der Waals surface area contributed by atoms with Gasteiger partial charge in [0.2, 0.25) is 0 Å². The van der Waals surface area contributed by atoms with Crippen LogP contribution >= 0.6 is 0 Å². The molecule has 0 spiro atoms. The van der Waals surface area contributed by atoms with Crippen molar-refractivity contribution < 1.29 is 4.79 Å². The Morgan fingerprint density at radius 2 is 2.50 bits per heavy atom. The number of primary amides is 1. The molecule has 1 rings (SSSR count). The fourth-order valence-corrected chi connectivity index (χ4v) is 0.794. The minimum absolute atomic E-state index is 0.234. The van der Waals surface area contributed by atoms with Crippen molar-refractivity contribution in [2.45, 2.75) is 20.3 Å². The van der Waals surface area contributed by atoms with E-state index in [1.807, 2.05) is 13.8 Å². The Kier molecular flexibility index (Phi) is 3.22. The van der Waals surface area contributed by atoms with Gasteiger partial charge in [-0.3, -0.25) is 10.2 Å². The number of aromatic amines is 1. The van der Waals surface area contributed by atoms with Crippen LogP contribution in [0.1, 0.15) is 30.8 Å². The van der Waals surface area contributed by atoms with Crippen LogP contribution in [-0.4, -0.2) is 21.6 Å². The molecule has 0 saturated carbocycles. The van der Waals surface area contributed by atoms with Crippen LogP contribution < -0.4 is 11.2 Å². The lowest BCUT2D eigenvalue weighted by molar-refractivity contribution is 0.0997. The van der Waals surface area contributed by atoms with Crippen LogP contribution in [0, 0.1) is 0 Å². The highest BCUT2D eigenvalue weighted by Crippen LogP contribution is 2.07. The summed E-state index contributed by atoms with van der Waals surface area (Å²) < 4.78 is 0. The number of nitrogens with zero attached hydrogens (tertiary/aromatic N) is 2. The molecule has 6 nitrogen and oxygen atoms in total. The van der Waals surface area contributed by atoms with Crippen molar-refractivity contribution in [1.29, 1.82) is 0 Å². The Morgan fingerprint density at radius 1 is 1.79 bits per heavy atom. The summed E-state index contributed by atoms with van der Waals surface area (Å²) in [6.07, 6.45) is 2.22. The second kappa shape index (κ2) is 4.40. The lowest BCUT2D eigenvalue weighted by atomic mass is 10.3. The summed E-state index contributed by atoms with van der Waals surface area (Å²) in [4.78, 5) is 17.4. The normalized spacial score (nSPS) is 11.4. The Morgan fingerprint density at radius 3 is 3.07 bits per heavy atom. The zero-order valence-corrected chi connectivity index (χ0v) is 8.16. The van der Waals surface area contributed by atoms with Crippen LogP contribution in [0.5, 0.6) is 0 Å². The molecule has 1 aromatic rings. The topological polar surface area (TPSA) is 96.2 Å².